The lowest BCUT2D eigenvalue weighted by atomic mass is 10.2. The normalized spacial score (nSPS) is 17.3. The average Bonchev–Trinajstić information content (AvgIpc) is 3.08. The van der Waals surface area contributed by atoms with E-state index in [-0.39, 0.29) is 0 Å². The van der Waals surface area contributed by atoms with Crippen LogP contribution in [0.15, 0.2) is 48.5 Å². The molecule has 0 bridgehead atoms. The largest absolute Gasteiger partial charge is 0.489 e. The van der Waals surface area contributed by atoms with Gasteiger partial charge in [-0.25, -0.2) is 0 Å². The standard InChI is InChI=1S/C19H22ClNO2/c20-17-8-6-15(7-9-17)14-23-18-4-1-3-16(11-18)12-21-13-19-5-2-10-22-19/h1,3-4,6-9,11,19,21H,2,5,10,12-14H2/t19-/m1/s1. The summed E-state index contributed by atoms with van der Waals surface area (Å²) in [7, 11) is 0. The van der Waals surface area contributed by atoms with Crippen molar-refractivity contribution >= 4 is 11.6 Å². The molecule has 2 aromatic carbocycles. The molecule has 0 spiro atoms. The minimum absolute atomic E-state index is 0.374. The van der Waals surface area contributed by atoms with Crippen LogP contribution in [0.4, 0.5) is 0 Å². The fourth-order valence-electron chi connectivity index (χ4n) is 2.68. The molecule has 1 N–H and O–H groups in total. The Balaban J connectivity index is 1.47. The lowest BCUT2D eigenvalue weighted by molar-refractivity contribution is 0.110. The molecule has 1 aliphatic heterocycles. The Morgan fingerprint density at radius 3 is 2.78 bits per heavy atom. The van der Waals surface area contributed by atoms with Gasteiger partial charge in [0.25, 0.3) is 0 Å². The molecule has 0 unspecified atom stereocenters. The molecule has 3 nitrogen and oxygen atoms in total. The van der Waals surface area contributed by atoms with Crippen LogP contribution in [0.1, 0.15) is 24.0 Å². The summed E-state index contributed by atoms with van der Waals surface area (Å²) in [5.41, 5.74) is 2.33. The third-order valence-corrected chi connectivity index (χ3v) is 4.19. The molecule has 0 amide bonds. The summed E-state index contributed by atoms with van der Waals surface area (Å²) in [6.07, 6.45) is 2.72. The van der Waals surface area contributed by atoms with E-state index in [1.807, 2.05) is 36.4 Å². The molecule has 1 saturated heterocycles. The molecule has 2 aromatic rings. The Morgan fingerprint density at radius 1 is 1.13 bits per heavy atom. The van der Waals surface area contributed by atoms with Crippen LogP contribution in [0, 0.1) is 0 Å². The fourth-order valence-corrected chi connectivity index (χ4v) is 2.80. The van der Waals surface area contributed by atoms with Gasteiger partial charge in [-0.15, -0.1) is 0 Å². The molecule has 4 heteroatoms. The van der Waals surface area contributed by atoms with E-state index in [1.54, 1.807) is 0 Å². The van der Waals surface area contributed by atoms with Crippen molar-refractivity contribution in [2.24, 2.45) is 0 Å². The Kier molecular flexibility index (Phi) is 5.92. The predicted octanol–water partition coefficient (Wildman–Crippen LogP) is 4.19. The van der Waals surface area contributed by atoms with Crippen molar-refractivity contribution in [1.82, 2.24) is 5.32 Å². The number of ether oxygens (including phenoxy) is 2. The van der Waals surface area contributed by atoms with Crippen LogP contribution in [0.2, 0.25) is 5.02 Å². The molecule has 1 atom stereocenters. The molecule has 0 saturated carbocycles. The van der Waals surface area contributed by atoms with Gasteiger partial charge in [0.1, 0.15) is 12.4 Å². The van der Waals surface area contributed by atoms with Gasteiger partial charge in [-0.1, -0.05) is 35.9 Å². The lowest BCUT2D eigenvalue weighted by Gasteiger charge is -2.12. The fraction of sp³-hybridized carbons (Fsp3) is 0.368. The molecular weight excluding hydrogens is 310 g/mol. The van der Waals surface area contributed by atoms with Gasteiger partial charge in [-0.05, 0) is 48.2 Å². The maximum atomic E-state index is 5.89. The number of benzene rings is 2. The maximum absolute atomic E-state index is 5.89. The molecule has 3 rings (SSSR count). The van der Waals surface area contributed by atoms with Crippen molar-refractivity contribution in [3.8, 4) is 5.75 Å². The predicted molar refractivity (Wildman–Crippen MR) is 92.9 cm³/mol. The van der Waals surface area contributed by atoms with Crippen molar-refractivity contribution in [3.05, 3.63) is 64.7 Å². The highest BCUT2D eigenvalue weighted by atomic mass is 35.5. The average molecular weight is 332 g/mol. The maximum Gasteiger partial charge on any atom is 0.120 e. The van der Waals surface area contributed by atoms with Crippen molar-refractivity contribution in [2.75, 3.05) is 13.2 Å². The molecule has 1 heterocycles. The van der Waals surface area contributed by atoms with Gasteiger partial charge in [-0.2, -0.15) is 0 Å². The Hall–Kier alpha value is -1.55. The first kappa shape index (κ1) is 16.3. The molecule has 0 aromatic heterocycles. The summed E-state index contributed by atoms with van der Waals surface area (Å²) in [6.45, 7) is 3.19. The van der Waals surface area contributed by atoms with Gasteiger partial charge in [0.15, 0.2) is 0 Å². The summed E-state index contributed by atoms with van der Waals surface area (Å²) in [4.78, 5) is 0. The van der Waals surface area contributed by atoms with Crippen LogP contribution >= 0.6 is 11.6 Å². The lowest BCUT2D eigenvalue weighted by Crippen LogP contribution is -2.25. The summed E-state index contributed by atoms with van der Waals surface area (Å²) in [5, 5.41) is 4.20. The first-order valence-electron chi connectivity index (χ1n) is 8.08. The van der Waals surface area contributed by atoms with Crippen LogP contribution in [0.5, 0.6) is 5.75 Å². The minimum Gasteiger partial charge on any atom is -0.489 e. The van der Waals surface area contributed by atoms with Gasteiger partial charge in [0.2, 0.25) is 0 Å². The highest BCUT2D eigenvalue weighted by molar-refractivity contribution is 6.30. The number of hydrogen-bond acceptors (Lipinski definition) is 3. The second-order valence-corrected chi connectivity index (χ2v) is 6.26. The number of halogens is 1. The second kappa shape index (κ2) is 8.34. The molecule has 0 aliphatic carbocycles. The van der Waals surface area contributed by atoms with Crippen molar-refractivity contribution in [1.29, 1.82) is 0 Å². The Morgan fingerprint density at radius 2 is 2.00 bits per heavy atom. The molecule has 23 heavy (non-hydrogen) atoms. The quantitative estimate of drug-likeness (QED) is 0.825. The van der Waals surface area contributed by atoms with Crippen LogP contribution in [-0.2, 0) is 17.9 Å². The SMILES string of the molecule is Clc1ccc(COc2cccc(CNC[C@H]3CCCO3)c2)cc1. The van der Waals surface area contributed by atoms with E-state index in [2.05, 4.69) is 17.4 Å². The number of nitrogens with one attached hydrogen (secondary N) is 1. The van der Waals surface area contributed by atoms with Crippen LogP contribution in [-0.4, -0.2) is 19.3 Å². The second-order valence-electron chi connectivity index (χ2n) is 5.83. The van der Waals surface area contributed by atoms with Gasteiger partial charge >= 0.3 is 0 Å². The highest BCUT2D eigenvalue weighted by Crippen LogP contribution is 2.17. The molecule has 122 valence electrons. The van der Waals surface area contributed by atoms with Gasteiger partial charge < -0.3 is 14.8 Å². The van der Waals surface area contributed by atoms with E-state index in [0.29, 0.717) is 12.7 Å². The first-order valence-corrected chi connectivity index (χ1v) is 8.46. The zero-order chi connectivity index (χ0) is 15.9. The van der Waals surface area contributed by atoms with E-state index in [1.165, 1.54) is 12.0 Å². The van der Waals surface area contributed by atoms with E-state index in [4.69, 9.17) is 21.1 Å². The summed E-state index contributed by atoms with van der Waals surface area (Å²) in [5.74, 6) is 0.886. The molecule has 0 radical (unpaired) electrons. The van der Waals surface area contributed by atoms with Crippen LogP contribution in [0.25, 0.3) is 0 Å². The zero-order valence-corrected chi connectivity index (χ0v) is 13.9. The topological polar surface area (TPSA) is 30.5 Å². The molecule has 1 aliphatic rings. The highest BCUT2D eigenvalue weighted by Gasteiger charge is 2.14. The van der Waals surface area contributed by atoms with E-state index >= 15 is 0 Å². The van der Waals surface area contributed by atoms with E-state index in [0.717, 1.165) is 42.5 Å². The summed E-state index contributed by atoms with van der Waals surface area (Å²) in [6, 6.07) is 15.9. The van der Waals surface area contributed by atoms with E-state index < -0.39 is 0 Å². The van der Waals surface area contributed by atoms with Crippen LogP contribution < -0.4 is 10.1 Å². The third-order valence-electron chi connectivity index (χ3n) is 3.94. The van der Waals surface area contributed by atoms with Crippen molar-refractivity contribution in [2.45, 2.75) is 32.1 Å². The van der Waals surface area contributed by atoms with Crippen molar-refractivity contribution < 1.29 is 9.47 Å². The van der Waals surface area contributed by atoms with Gasteiger partial charge in [0.05, 0.1) is 6.10 Å². The number of hydrogen-bond donors (Lipinski definition) is 1. The van der Waals surface area contributed by atoms with Gasteiger partial charge in [-0.3, -0.25) is 0 Å². The smallest absolute Gasteiger partial charge is 0.120 e. The number of rotatable bonds is 7. The monoisotopic (exact) mass is 331 g/mol. The molecule has 1 fully saturated rings. The first-order chi connectivity index (χ1) is 11.3. The van der Waals surface area contributed by atoms with Crippen LogP contribution in [0.3, 0.4) is 0 Å². The Bertz CT molecular complexity index is 609. The van der Waals surface area contributed by atoms with Gasteiger partial charge in [0, 0.05) is 24.7 Å². The third kappa shape index (κ3) is 5.24. The summed E-state index contributed by atoms with van der Waals surface area (Å²) < 4.78 is 11.5. The Labute approximate surface area is 142 Å². The van der Waals surface area contributed by atoms with Crippen molar-refractivity contribution in [3.63, 3.8) is 0 Å². The van der Waals surface area contributed by atoms with E-state index in [9.17, 15) is 0 Å². The summed E-state index contributed by atoms with van der Waals surface area (Å²) >= 11 is 5.89. The zero-order valence-electron chi connectivity index (χ0n) is 13.1. The minimum atomic E-state index is 0.374. The molecular formula is C19H22ClNO2.